The first-order valence-corrected chi connectivity index (χ1v) is 3.60. The fourth-order valence-electron chi connectivity index (χ4n) is 0.919. The molecule has 0 saturated carbocycles. The van der Waals surface area contributed by atoms with Crippen LogP contribution in [-0.4, -0.2) is 13.6 Å². The highest BCUT2D eigenvalue weighted by Crippen LogP contribution is 2.05. The predicted octanol–water partition coefficient (Wildman–Crippen LogP) is 1.81. The smallest absolute Gasteiger partial charge is 0.00207 e. The van der Waals surface area contributed by atoms with E-state index in [4.69, 9.17) is 0 Å². The zero-order chi connectivity index (χ0) is 7.11. The summed E-state index contributed by atoms with van der Waals surface area (Å²) >= 11 is 0. The Morgan fingerprint density at radius 2 is 2.33 bits per heavy atom. The average Bonchev–Trinajstić information content (AvgIpc) is 1.88. The summed E-state index contributed by atoms with van der Waals surface area (Å²) in [5.74, 6) is 0.785. The van der Waals surface area contributed by atoms with Crippen molar-refractivity contribution >= 4 is 0 Å². The van der Waals surface area contributed by atoms with E-state index in [9.17, 15) is 0 Å². The molecule has 0 fully saturated rings. The van der Waals surface area contributed by atoms with Gasteiger partial charge in [0.2, 0.25) is 0 Å². The Labute approximate surface area is 58.2 Å². The van der Waals surface area contributed by atoms with Crippen LogP contribution in [0.2, 0.25) is 0 Å². The van der Waals surface area contributed by atoms with E-state index < -0.39 is 0 Å². The summed E-state index contributed by atoms with van der Waals surface area (Å²) in [5.41, 5.74) is 0. The van der Waals surface area contributed by atoms with Crippen molar-refractivity contribution in [3.8, 4) is 0 Å². The Hall–Kier alpha value is -0.300. The van der Waals surface area contributed by atoms with Gasteiger partial charge in [0, 0.05) is 0 Å². The van der Waals surface area contributed by atoms with Gasteiger partial charge in [-0.05, 0) is 25.9 Å². The molecule has 0 aromatic carbocycles. The molecule has 0 spiro atoms. The van der Waals surface area contributed by atoms with Crippen molar-refractivity contribution < 1.29 is 0 Å². The van der Waals surface area contributed by atoms with E-state index in [-0.39, 0.29) is 0 Å². The van der Waals surface area contributed by atoms with Gasteiger partial charge in [-0.15, -0.1) is 6.58 Å². The maximum absolute atomic E-state index is 3.70. The molecule has 0 radical (unpaired) electrons. The van der Waals surface area contributed by atoms with Crippen molar-refractivity contribution in [2.75, 3.05) is 13.6 Å². The maximum Gasteiger partial charge on any atom is -0.00207 e. The van der Waals surface area contributed by atoms with E-state index >= 15 is 0 Å². The average molecular weight is 127 g/mol. The summed E-state index contributed by atoms with van der Waals surface area (Å²) < 4.78 is 0. The minimum Gasteiger partial charge on any atom is -0.319 e. The monoisotopic (exact) mass is 127 g/mol. The third-order valence-corrected chi connectivity index (χ3v) is 1.57. The summed E-state index contributed by atoms with van der Waals surface area (Å²) in [6, 6.07) is 0. The van der Waals surface area contributed by atoms with Gasteiger partial charge in [0.05, 0.1) is 0 Å². The zero-order valence-electron chi connectivity index (χ0n) is 6.48. The van der Waals surface area contributed by atoms with Crippen LogP contribution in [-0.2, 0) is 0 Å². The molecule has 0 saturated heterocycles. The highest BCUT2D eigenvalue weighted by Gasteiger charge is 1.99. The molecule has 0 aliphatic rings. The molecule has 1 unspecified atom stereocenters. The fourth-order valence-corrected chi connectivity index (χ4v) is 0.919. The molecule has 1 nitrogen and oxygen atoms in total. The Bertz CT molecular complexity index is 69.0. The predicted molar refractivity (Wildman–Crippen MR) is 42.5 cm³/mol. The van der Waals surface area contributed by atoms with Crippen LogP contribution in [0.15, 0.2) is 12.7 Å². The standard InChI is InChI=1S/C8H17N/c1-4-6-8(5-2)7-9-3/h4,8-9H,1,5-7H2,2-3H3. The molecule has 0 aromatic rings. The van der Waals surface area contributed by atoms with Crippen LogP contribution in [0, 0.1) is 5.92 Å². The second kappa shape index (κ2) is 5.83. The molecule has 54 valence electrons. The Morgan fingerprint density at radius 3 is 2.67 bits per heavy atom. The van der Waals surface area contributed by atoms with E-state index in [0.29, 0.717) is 0 Å². The van der Waals surface area contributed by atoms with Crippen molar-refractivity contribution in [2.24, 2.45) is 5.92 Å². The number of hydrogen-bond acceptors (Lipinski definition) is 1. The first-order chi connectivity index (χ1) is 4.35. The van der Waals surface area contributed by atoms with Gasteiger partial charge < -0.3 is 5.32 Å². The summed E-state index contributed by atoms with van der Waals surface area (Å²) in [7, 11) is 1.99. The zero-order valence-corrected chi connectivity index (χ0v) is 6.48. The van der Waals surface area contributed by atoms with Gasteiger partial charge in [-0.3, -0.25) is 0 Å². The number of allylic oxidation sites excluding steroid dienone is 1. The highest BCUT2D eigenvalue weighted by atomic mass is 14.8. The van der Waals surface area contributed by atoms with Crippen LogP contribution in [0.3, 0.4) is 0 Å². The molecule has 0 aliphatic heterocycles. The van der Waals surface area contributed by atoms with Gasteiger partial charge in [-0.1, -0.05) is 19.4 Å². The largest absolute Gasteiger partial charge is 0.319 e. The molecular weight excluding hydrogens is 110 g/mol. The van der Waals surface area contributed by atoms with Crippen LogP contribution in [0.25, 0.3) is 0 Å². The summed E-state index contributed by atoms with van der Waals surface area (Å²) in [4.78, 5) is 0. The van der Waals surface area contributed by atoms with Crippen molar-refractivity contribution in [1.29, 1.82) is 0 Å². The fraction of sp³-hybridized carbons (Fsp3) is 0.750. The minimum absolute atomic E-state index is 0.785. The second-order valence-electron chi connectivity index (χ2n) is 2.36. The SMILES string of the molecule is C=CCC(CC)CNC. The topological polar surface area (TPSA) is 12.0 Å². The molecule has 1 N–H and O–H groups in total. The van der Waals surface area contributed by atoms with Gasteiger partial charge in [0.25, 0.3) is 0 Å². The number of hydrogen-bond donors (Lipinski definition) is 1. The molecule has 1 heteroatoms. The van der Waals surface area contributed by atoms with E-state index in [0.717, 1.165) is 18.9 Å². The van der Waals surface area contributed by atoms with Crippen molar-refractivity contribution in [1.82, 2.24) is 5.32 Å². The molecular formula is C8H17N. The van der Waals surface area contributed by atoms with Crippen LogP contribution in [0.1, 0.15) is 19.8 Å². The maximum atomic E-state index is 3.70. The Kier molecular flexibility index (Phi) is 5.64. The van der Waals surface area contributed by atoms with Crippen molar-refractivity contribution in [3.63, 3.8) is 0 Å². The quantitative estimate of drug-likeness (QED) is 0.555. The van der Waals surface area contributed by atoms with E-state index in [2.05, 4.69) is 18.8 Å². The molecule has 0 aromatic heterocycles. The molecule has 9 heavy (non-hydrogen) atoms. The van der Waals surface area contributed by atoms with E-state index in [1.54, 1.807) is 0 Å². The second-order valence-corrected chi connectivity index (χ2v) is 2.36. The molecule has 0 amide bonds. The van der Waals surface area contributed by atoms with Gasteiger partial charge in [-0.25, -0.2) is 0 Å². The molecule has 0 rings (SSSR count). The lowest BCUT2D eigenvalue weighted by Crippen LogP contribution is -2.17. The summed E-state index contributed by atoms with van der Waals surface area (Å²) in [5, 5.41) is 3.16. The number of rotatable bonds is 5. The molecule has 0 bridgehead atoms. The third kappa shape index (κ3) is 4.22. The van der Waals surface area contributed by atoms with Crippen LogP contribution in [0.5, 0.6) is 0 Å². The molecule has 0 heterocycles. The molecule has 1 atom stereocenters. The summed E-state index contributed by atoms with van der Waals surface area (Å²) in [6.07, 6.45) is 4.37. The van der Waals surface area contributed by atoms with Gasteiger partial charge >= 0.3 is 0 Å². The number of nitrogens with one attached hydrogen (secondary N) is 1. The summed E-state index contributed by atoms with van der Waals surface area (Å²) in [6.45, 7) is 7.03. The highest BCUT2D eigenvalue weighted by molar-refractivity contribution is 4.72. The van der Waals surface area contributed by atoms with Crippen LogP contribution < -0.4 is 5.32 Å². The van der Waals surface area contributed by atoms with Crippen molar-refractivity contribution in [3.05, 3.63) is 12.7 Å². The van der Waals surface area contributed by atoms with Gasteiger partial charge in [0.15, 0.2) is 0 Å². The third-order valence-electron chi connectivity index (χ3n) is 1.57. The first-order valence-electron chi connectivity index (χ1n) is 3.60. The van der Waals surface area contributed by atoms with Crippen LogP contribution >= 0.6 is 0 Å². The van der Waals surface area contributed by atoms with Crippen molar-refractivity contribution in [2.45, 2.75) is 19.8 Å². The Balaban J connectivity index is 3.28. The van der Waals surface area contributed by atoms with E-state index in [1.165, 1.54) is 6.42 Å². The lowest BCUT2D eigenvalue weighted by atomic mass is 10.0. The van der Waals surface area contributed by atoms with Gasteiger partial charge in [0.1, 0.15) is 0 Å². The normalized spacial score (nSPS) is 13.1. The van der Waals surface area contributed by atoms with Gasteiger partial charge in [-0.2, -0.15) is 0 Å². The van der Waals surface area contributed by atoms with E-state index in [1.807, 2.05) is 13.1 Å². The first kappa shape index (κ1) is 8.70. The minimum atomic E-state index is 0.785. The lowest BCUT2D eigenvalue weighted by molar-refractivity contribution is 0.490. The lowest BCUT2D eigenvalue weighted by Gasteiger charge is -2.09. The van der Waals surface area contributed by atoms with Crippen LogP contribution in [0.4, 0.5) is 0 Å². The molecule has 0 aliphatic carbocycles. The Morgan fingerprint density at radius 1 is 1.67 bits per heavy atom.